The first-order valence-electron chi connectivity index (χ1n) is 7.43. The van der Waals surface area contributed by atoms with Gasteiger partial charge < -0.3 is 15.4 Å². The van der Waals surface area contributed by atoms with Gasteiger partial charge in [-0.25, -0.2) is 0 Å². The lowest BCUT2D eigenvalue weighted by molar-refractivity contribution is -0.114. The first-order valence-corrected chi connectivity index (χ1v) is 8.41. The standard InChI is InChI=1S/C18H20N2O3S/c1-12-4-9-17(23-3)16(10-12)20-18(22)11-24-15-7-5-14(6-8-15)19-13(2)21/h4-10H,11H2,1-3H3,(H,19,21)(H,20,22). The van der Waals surface area contributed by atoms with Gasteiger partial charge in [-0.1, -0.05) is 6.07 Å². The highest BCUT2D eigenvalue weighted by atomic mass is 32.2. The average molecular weight is 344 g/mol. The summed E-state index contributed by atoms with van der Waals surface area (Å²) in [6.07, 6.45) is 0. The number of nitrogens with one attached hydrogen (secondary N) is 2. The molecule has 0 bridgehead atoms. The van der Waals surface area contributed by atoms with Crippen LogP contribution in [0.2, 0.25) is 0 Å². The smallest absolute Gasteiger partial charge is 0.234 e. The van der Waals surface area contributed by atoms with E-state index >= 15 is 0 Å². The fraction of sp³-hybridized carbons (Fsp3) is 0.222. The lowest BCUT2D eigenvalue weighted by atomic mass is 10.2. The van der Waals surface area contributed by atoms with Gasteiger partial charge in [0.1, 0.15) is 5.75 Å². The maximum absolute atomic E-state index is 12.1. The summed E-state index contributed by atoms with van der Waals surface area (Å²) in [6, 6.07) is 13.0. The second-order valence-corrected chi connectivity index (χ2v) is 6.29. The van der Waals surface area contributed by atoms with E-state index in [0.29, 0.717) is 11.4 Å². The van der Waals surface area contributed by atoms with Gasteiger partial charge in [-0.15, -0.1) is 11.8 Å². The Labute approximate surface area is 145 Å². The molecule has 0 fully saturated rings. The van der Waals surface area contributed by atoms with E-state index in [1.54, 1.807) is 7.11 Å². The quantitative estimate of drug-likeness (QED) is 0.784. The molecule has 0 aliphatic carbocycles. The number of thioether (sulfide) groups is 1. The van der Waals surface area contributed by atoms with Gasteiger partial charge in [0.05, 0.1) is 18.6 Å². The lowest BCUT2D eigenvalue weighted by Crippen LogP contribution is -2.14. The third-order valence-corrected chi connectivity index (χ3v) is 4.19. The summed E-state index contributed by atoms with van der Waals surface area (Å²) in [7, 11) is 1.58. The Bertz CT molecular complexity index is 730. The second-order valence-electron chi connectivity index (χ2n) is 5.25. The number of aryl methyl sites for hydroxylation is 1. The second kappa shape index (κ2) is 8.40. The zero-order valence-corrected chi connectivity index (χ0v) is 14.7. The molecule has 0 aliphatic heterocycles. The van der Waals surface area contributed by atoms with Crippen LogP contribution in [-0.4, -0.2) is 24.7 Å². The third kappa shape index (κ3) is 5.31. The van der Waals surface area contributed by atoms with Gasteiger partial charge in [0.15, 0.2) is 0 Å². The summed E-state index contributed by atoms with van der Waals surface area (Å²) < 4.78 is 5.25. The van der Waals surface area contributed by atoms with Crippen LogP contribution >= 0.6 is 11.8 Å². The molecular formula is C18H20N2O3S. The highest BCUT2D eigenvalue weighted by Crippen LogP contribution is 2.26. The fourth-order valence-electron chi connectivity index (χ4n) is 2.09. The zero-order chi connectivity index (χ0) is 17.5. The van der Waals surface area contributed by atoms with Crippen molar-refractivity contribution in [3.8, 4) is 5.75 Å². The molecule has 0 radical (unpaired) electrons. The fourth-order valence-corrected chi connectivity index (χ4v) is 2.79. The van der Waals surface area contributed by atoms with Crippen LogP contribution in [0.5, 0.6) is 5.75 Å². The van der Waals surface area contributed by atoms with Crippen LogP contribution in [0.15, 0.2) is 47.4 Å². The van der Waals surface area contributed by atoms with Crippen LogP contribution in [0, 0.1) is 6.92 Å². The molecule has 0 spiro atoms. The number of ether oxygens (including phenoxy) is 1. The van der Waals surface area contributed by atoms with Crippen LogP contribution in [0.3, 0.4) is 0 Å². The monoisotopic (exact) mass is 344 g/mol. The molecule has 0 aliphatic rings. The van der Waals surface area contributed by atoms with Crippen LogP contribution < -0.4 is 15.4 Å². The van der Waals surface area contributed by atoms with Gasteiger partial charge in [-0.2, -0.15) is 0 Å². The van der Waals surface area contributed by atoms with Crippen molar-refractivity contribution in [3.05, 3.63) is 48.0 Å². The van der Waals surface area contributed by atoms with E-state index in [9.17, 15) is 9.59 Å². The van der Waals surface area contributed by atoms with E-state index in [4.69, 9.17) is 4.74 Å². The lowest BCUT2D eigenvalue weighted by Gasteiger charge is -2.11. The average Bonchev–Trinajstić information content (AvgIpc) is 2.54. The molecule has 0 saturated heterocycles. The number of amides is 2. The molecule has 0 saturated carbocycles. The predicted octanol–water partition coefficient (Wildman–Crippen LogP) is 3.69. The number of carbonyl (C=O) groups is 2. The molecule has 0 atom stereocenters. The first kappa shape index (κ1) is 17.9. The Morgan fingerprint density at radius 1 is 1.08 bits per heavy atom. The van der Waals surface area contributed by atoms with Gasteiger partial charge in [0.25, 0.3) is 0 Å². The molecule has 0 heterocycles. The molecule has 2 aromatic rings. The molecule has 24 heavy (non-hydrogen) atoms. The largest absolute Gasteiger partial charge is 0.495 e. The number of anilines is 2. The summed E-state index contributed by atoms with van der Waals surface area (Å²) in [6.45, 7) is 3.42. The van der Waals surface area contributed by atoms with E-state index in [1.807, 2.05) is 49.4 Å². The first-order chi connectivity index (χ1) is 11.5. The molecule has 126 valence electrons. The minimum Gasteiger partial charge on any atom is -0.495 e. The predicted molar refractivity (Wildman–Crippen MR) is 97.8 cm³/mol. The van der Waals surface area contributed by atoms with Crippen molar-refractivity contribution < 1.29 is 14.3 Å². The van der Waals surface area contributed by atoms with E-state index in [0.717, 1.165) is 16.1 Å². The number of carbonyl (C=O) groups excluding carboxylic acids is 2. The Kier molecular flexibility index (Phi) is 6.26. The van der Waals surface area contributed by atoms with Crippen LogP contribution in [0.1, 0.15) is 12.5 Å². The topological polar surface area (TPSA) is 67.4 Å². The van der Waals surface area contributed by atoms with Crippen molar-refractivity contribution >= 4 is 35.0 Å². The molecule has 2 amide bonds. The van der Waals surface area contributed by atoms with Gasteiger partial charge in [-0.05, 0) is 48.9 Å². The minimum absolute atomic E-state index is 0.102. The van der Waals surface area contributed by atoms with E-state index < -0.39 is 0 Å². The molecule has 2 rings (SSSR count). The summed E-state index contributed by atoms with van der Waals surface area (Å²) >= 11 is 1.43. The van der Waals surface area contributed by atoms with Crippen molar-refractivity contribution in [3.63, 3.8) is 0 Å². The van der Waals surface area contributed by atoms with Crippen molar-refractivity contribution in [1.29, 1.82) is 0 Å². The van der Waals surface area contributed by atoms with Crippen LogP contribution in [0.4, 0.5) is 11.4 Å². The summed E-state index contributed by atoms with van der Waals surface area (Å²) in [4.78, 5) is 24.1. The maximum Gasteiger partial charge on any atom is 0.234 e. The van der Waals surface area contributed by atoms with Gasteiger partial charge in [0.2, 0.25) is 11.8 Å². The number of methoxy groups -OCH3 is 1. The van der Waals surface area contributed by atoms with Gasteiger partial charge in [0, 0.05) is 17.5 Å². The number of benzene rings is 2. The molecule has 2 N–H and O–H groups in total. The van der Waals surface area contributed by atoms with Crippen molar-refractivity contribution in [2.24, 2.45) is 0 Å². The number of hydrogen-bond donors (Lipinski definition) is 2. The Balaban J connectivity index is 1.91. The highest BCUT2D eigenvalue weighted by molar-refractivity contribution is 8.00. The molecule has 5 nitrogen and oxygen atoms in total. The Morgan fingerprint density at radius 2 is 1.79 bits per heavy atom. The number of rotatable bonds is 6. The maximum atomic E-state index is 12.1. The van der Waals surface area contributed by atoms with E-state index in [1.165, 1.54) is 18.7 Å². The van der Waals surface area contributed by atoms with Crippen molar-refractivity contribution in [1.82, 2.24) is 0 Å². The third-order valence-electron chi connectivity index (χ3n) is 3.17. The zero-order valence-electron chi connectivity index (χ0n) is 13.9. The molecule has 6 heteroatoms. The normalized spacial score (nSPS) is 10.1. The van der Waals surface area contributed by atoms with Crippen LogP contribution in [0.25, 0.3) is 0 Å². The number of hydrogen-bond acceptors (Lipinski definition) is 4. The van der Waals surface area contributed by atoms with Gasteiger partial charge in [-0.3, -0.25) is 9.59 Å². The SMILES string of the molecule is COc1ccc(C)cc1NC(=O)CSc1ccc(NC(C)=O)cc1. The van der Waals surface area contributed by atoms with E-state index in [2.05, 4.69) is 10.6 Å². The summed E-state index contributed by atoms with van der Waals surface area (Å²) in [5, 5.41) is 5.57. The van der Waals surface area contributed by atoms with Crippen LogP contribution in [-0.2, 0) is 9.59 Å². The summed E-state index contributed by atoms with van der Waals surface area (Å²) in [5.74, 6) is 0.715. The minimum atomic E-state index is -0.109. The summed E-state index contributed by atoms with van der Waals surface area (Å²) in [5.41, 5.74) is 2.46. The molecule has 0 unspecified atom stereocenters. The molecule has 0 aromatic heterocycles. The highest BCUT2D eigenvalue weighted by Gasteiger charge is 2.08. The van der Waals surface area contributed by atoms with Crippen molar-refractivity contribution in [2.75, 3.05) is 23.5 Å². The Morgan fingerprint density at radius 3 is 2.42 bits per heavy atom. The van der Waals surface area contributed by atoms with Crippen molar-refractivity contribution in [2.45, 2.75) is 18.7 Å². The molecule has 2 aromatic carbocycles. The molecular weight excluding hydrogens is 324 g/mol. The Hall–Kier alpha value is -2.47. The van der Waals surface area contributed by atoms with E-state index in [-0.39, 0.29) is 17.6 Å². The van der Waals surface area contributed by atoms with Gasteiger partial charge >= 0.3 is 0 Å².